The molecule has 3 rings (SSSR count). The molecule has 0 aliphatic heterocycles. The second kappa shape index (κ2) is 9.70. The molecular formula is C21H26N4O3S2. The van der Waals surface area contributed by atoms with E-state index in [0.717, 1.165) is 15.9 Å². The summed E-state index contributed by atoms with van der Waals surface area (Å²) in [6.45, 7) is 6.40. The Morgan fingerprint density at radius 3 is 2.47 bits per heavy atom. The Balaban J connectivity index is 2.03. The lowest BCUT2D eigenvalue weighted by Gasteiger charge is -2.15. The van der Waals surface area contributed by atoms with Crippen LogP contribution in [0, 0.1) is 0 Å². The summed E-state index contributed by atoms with van der Waals surface area (Å²) in [6.07, 6.45) is 0.743. The van der Waals surface area contributed by atoms with E-state index in [4.69, 9.17) is 0 Å². The first-order chi connectivity index (χ1) is 14.3. The normalized spacial score (nSPS) is 12.6. The van der Waals surface area contributed by atoms with Gasteiger partial charge < -0.3 is 0 Å². The highest BCUT2D eigenvalue weighted by atomic mass is 32.2. The quantitative estimate of drug-likeness (QED) is 0.391. The van der Waals surface area contributed by atoms with Crippen LogP contribution in [0.2, 0.25) is 0 Å². The van der Waals surface area contributed by atoms with Gasteiger partial charge in [-0.15, -0.1) is 11.8 Å². The molecule has 0 saturated carbocycles. The average molecular weight is 447 g/mol. The molecule has 0 spiro atoms. The van der Waals surface area contributed by atoms with Crippen molar-refractivity contribution < 1.29 is 4.21 Å². The van der Waals surface area contributed by atoms with E-state index in [2.05, 4.69) is 9.97 Å². The van der Waals surface area contributed by atoms with Crippen LogP contribution in [-0.4, -0.2) is 34.8 Å². The molecule has 0 aliphatic rings. The number of aromatic nitrogens is 4. The lowest BCUT2D eigenvalue weighted by Crippen LogP contribution is -2.39. The molecule has 7 nitrogen and oxygen atoms in total. The third kappa shape index (κ3) is 4.57. The van der Waals surface area contributed by atoms with E-state index in [0.29, 0.717) is 39.9 Å². The molecule has 0 fully saturated rings. The van der Waals surface area contributed by atoms with Crippen molar-refractivity contribution in [3.63, 3.8) is 0 Å². The molecule has 0 aliphatic carbocycles. The van der Waals surface area contributed by atoms with Crippen LogP contribution in [0.25, 0.3) is 11.0 Å². The molecule has 0 amide bonds. The predicted octanol–water partition coefficient (Wildman–Crippen LogP) is 2.92. The van der Waals surface area contributed by atoms with Crippen molar-refractivity contribution in [1.29, 1.82) is 0 Å². The van der Waals surface area contributed by atoms with Gasteiger partial charge in [-0.25, -0.2) is 14.8 Å². The molecule has 2 aromatic heterocycles. The molecule has 2 heterocycles. The maximum atomic E-state index is 12.9. The highest BCUT2D eigenvalue weighted by molar-refractivity contribution is 8.00. The van der Waals surface area contributed by atoms with Gasteiger partial charge in [-0.05, 0) is 18.6 Å². The van der Waals surface area contributed by atoms with Crippen molar-refractivity contribution in [1.82, 2.24) is 19.1 Å². The number of fused-ring (bicyclic) bond motifs is 1. The summed E-state index contributed by atoms with van der Waals surface area (Å²) in [4.78, 5) is 35.6. The molecule has 1 aromatic carbocycles. The van der Waals surface area contributed by atoms with Gasteiger partial charge in [0.25, 0.3) is 5.56 Å². The van der Waals surface area contributed by atoms with Crippen LogP contribution in [0.1, 0.15) is 38.9 Å². The number of rotatable bonds is 8. The summed E-state index contributed by atoms with van der Waals surface area (Å²) in [5.74, 6) is 1.60. The van der Waals surface area contributed by atoms with E-state index < -0.39 is 16.4 Å². The van der Waals surface area contributed by atoms with Gasteiger partial charge in [0.15, 0.2) is 5.65 Å². The zero-order chi connectivity index (χ0) is 21.8. The Labute approximate surface area is 182 Å². The SMILES string of the molecule is CCCn1c(=O)n(C)c(=O)c2c(SCCS(=O)c3ccccc3)nc(C(C)C)nc21. The molecule has 1 atom stereocenters. The van der Waals surface area contributed by atoms with Crippen molar-refractivity contribution in [2.75, 3.05) is 11.5 Å². The minimum Gasteiger partial charge on any atom is -0.277 e. The van der Waals surface area contributed by atoms with Crippen LogP contribution in [-0.2, 0) is 24.4 Å². The van der Waals surface area contributed by atoms with Gasteiger partial charge in [-0.2, -0.15) is 0 Å². The summed E-state index contributed by atoms with van der Waals surface area (Å²) in [5.41, 5.74) is -0.386. The van der Waals surface area contributed by atoms with Crippen LogP contribution in [0.5, 0.6) is 0 Å². The van der Waals surface area contributed by atoms with Gasteiger partial charge in [0.05, 0.1) is 10.8 Å². The van der Waals surface area contributed by atoms with Crippen LogP contribution in [0.4, 0.5) is 0 Å². The van der Waals surface area contributed by atoms with E-state index >= 15 is 0 Å². The van der Waals surface area contributed by atoms with E-state index in [1.54, 1.807) is 4.57 Å². The zero-order valence-electron chi connectivity index (χ0n) is 17.6. The Morgan fingerprint density at radius 1 is 1.13 bits per heavy atom. The van der Waals surface area contributed by atoms with Gasteiger partial charge in [-0.1, -0.05) is 39.0 Å². The van der Waals surface area contributed by atoms with Gasteiger partial charge >= 0.3 is 5.69 Å². The van der Waals surface area contributed by atoms with Crippen LogP contribution < -0.4 is 11.2 Å². The Bertz CT molecular complexity index is 1190. The fraction of sp³-hybridized carbons (Fsp3) is 0.429. The van der Waals surface area contributed by atoms with E-state index in [1.165, 1.54) is 18.8 Å². The molecule has 0 saturated heterocycles. The van der Waals surface area contributed by atoms with Crippen LogP contribution in [0.3, 0.4) is 0 Å². The lowest BCUT2D eigenvalue weighted by atomic mass is 10.2. The fourth-order valence-corrected chi connectivity index (χ4v) is 5.36. The van der Waals surface area contributed by atoms with E-state index in [1.807, 2.05) is 51.1 Å². The third-order valence-corrected chi connectivity index (χ3v) is 7.25. The Kier molecular flexibility index (Phi) is 7.25. The lowest BCUT2D eigenvalue weighted by molar-refractivity contribution is 0.603. The second-order valence-corrected chi connectivity index (χ2v) is 9.90. The zero-order valence-corrected chi connectivity index (χ0v) is 19.3. The molecule has 0 N–H and O–H groups in total. The molecule has 30 heavy (non-hydrogen) atoms. The van der Waals surface area contributed by atoms with Crippen molar-refractivity contribution in [2.45, 2.75) is 49.6 Å². The average Bonchev–Trinajstić information content (AvgIpc) is 2.75. The molecular weight excluding hydrogens is 420 g/mol. The van der Waals surface area contributed by atoms with Gasteiger partial charge in [0.2, 0.25) is 0 Å². The molecule has 3 aromatic rings. The Morgan fingerprint density at radius 2 is 1.83 bits per heavy atom. The Hall–Kier alpha value is -2.26. The first-order valence-electron chi connectivity index (χ1n) is 9.92. The highest BCUT2D eigenvalue weighted by Crippen LogP contribution is 2.25. The first kappa shape index (κ1) is 22.4. The first-order valence-corrected chi connectivity index (χ1v) is 12.2. The fourth-order valence-electron chi connectivity index (χ4n) is 3.05. The summed E-state index contributed by atoms with van der Waals surface area (Å²) in [7, 11) is 0.349. The smallest absolute Gasteiger partial charge is 0.277 e. The largest absolute Gasteiger partial charge is 0.332 e. The van der Waals surface area contributed by atoms with Crippen LogP contribution in [0.15, 0.2) is 49.8 Å². The summed E-state index contributed by atoms with van der Waals surface area (Å²) < 4.78 is 15.2. The number of thioether (sulfide) groups is 1. The molecule has 1 unspecified atom stereocenters. The van der Waals surface area contributed by atoms with E-state index in [-0.39, 0.29) is 11.6 Å². The van der Waals surface area contributed by atoms with Crippen molar-refractivity contribution in [3.05, 3.63) is 57.0 Å². The molecule has 0 bridgehead atoms. The van der Waals surface area contributed by atoms with E-state index in [9.17, 15) is 13.8 Å². The van der Waals surface area contributed by atoms with Crippen molar-refractivity contribution in [3.8, 4) is 0 Å². The minimum absolute atomic E-state index is 0.0430. The topological polar surface area (TPSA) is 86.9 Å². The second-order valence-electron chi connectivity index (χ2n) is 7.25. The van der Waals surface area contributed by atoms with Crippen LogP contribution >= 0.6 is 11.8 Å². The summed E-state index contributed by atoms with van der Waals surface area (Å²) in [5, 5.41) is 0.893. The summed E-state index contributed by atoms with van der Waals surface area (Å²) >= 11 is 1.39. The molecule has 9 heteroatoms. The molecule has 160 valence electrons. The van der Waals surface area contributed by atoms with Gasteiger partial charge in [0, 0.05) is 35.9 Å². The highest BCUT2D eigenvalue weighted by Gasteiger charge is 2.20. The number of benzene rings is 1. The van der Waals surface area contributed by atoms with Gasteiger partial charge in [0.1, 0.15) is 16.2 Å². The maximum absolute atomic E-state index is 12.9. The third-order valence-electron chi connectivity index (χ3n) is 4.64. The summed E-state index contributed by atoms with van der Waals surface area (Å²) in [6, 6.07) is 9.31. The van der Waals surface area contributed by atoms with Crippen molar-refractivity contribution in [2.24, 2.45) is 7.05 Å². The standard InChI is InChI=1S/C21H26N4O3S2/c1-5-11-25-18-16(20(26)24(4)21(25)27)19(23-17(22-18)14(2)3)29-12-13-30(28)15-9-7-6-8-10-15/h6-10,14H,5,11-13H2,1-4H3. The van der Waals surface area contributed by atoms with Gasteiger partial charge in [-0.3, -0.25) is 18.1 Å². The number of nitrogens with zero attached hydrogens (tertiary/aromatic N) is 4. The maximum Gasteiger partial charge on any atom is 0.332 e. The number of hydrogen-bond acceptors (Lipinski definition) is 6. The number of hydrogen-bond donors (Lipinski definition) is 0. The minimum atomic E-state index is -1.13. The molecule has 0 radical (unpaired) electrons. The monoisotopic (exact) mass is 446 g/mol. The van der Waals surface area contributed by atoms with Crippen molar-refractivity contribution >= 4 is 33.6 Å². The number of aryl methyl sites for hydroxylation is 1. The predicted molar refractivity (Wildman–Crippen MR) is 122 cm³/mol.